The number of nitrogens with one attached hydrogen (secondary N) is 1. The van der Waals surface area contributed by atoms with Gasteiger partial charge in [0.15, 0.2) is 22.8 Å². The van der Waals surface area contributed by atoms with Gasteiger partial charge in [-0.3, -0.25) is 9.69 Å². The average molecular weight is 759 g/mol. The number of nitriles is 1. The molecule has 8 aromatic rings. The smallest absolute Gasteiger partial charge is 0.325 e. The van der Waals surface area contributed by atoms with E-state index in [-0.39, 0.29) is 17.4 Å². The summed E-state index contributed by atoms with van der Waals surface area (Å²) in [5, 5.41) is 28.8. The summed E-state index contributed by atoms with van der Waals surface area (Å²) in [6, 6.07) is 34.3. The van der Waals surface area contributed by atoms with Crippen LogP contribution >= 0.6 is 11.3 Å². The molecule has 4 aromatic carbocycles. The third kappa shape index (κ3) is 6.60. The summed E-state index contributed by atoms with van der Waals surface area (Å²) in [6.07, 6.45) is 0.817. The lowest BCUT2D eigenvalue weighted by Gasteiger charge is -2.24. The fourth-order valence-electron chi connectivity index (χ4n) is 6.23. The van der Waals surface area contributed by atoms with Crippen LogP contribution in [0.3, 0.4) is 0 Å². The molecule has 0 aliphatic carbocycles. The number of nitrogens with zero attached hydrogens (tertiary/aromatic N) is 9. The number of aryl methyl sites for hydroxylation is 1. The number of rotatable bonds is 10. The predicted octanol–water partition coefficient (Wildman–Crippen LogP) is 10.9. The minimum atomic E-state index is -0.524. The monoisotopic (exact) mass is 758 g/mol. The van der Waals surface area contributed by atoms with E-state index in [1.807, 2.05) is 130 Å². The van der Waals surface area contributed by atoms with Gasteiger partial charge in [-0.2, -0.15) is 20.0 Å². The van der Waals surface area contributed by atoms with Crippen LogP contribution in [0.25, 0.3) is 27.3 Å². The molecule has 0 aliphatic rings. The summed E-state index contributed by atoms with van der Waals surface area (Å²) >= 11 is 1.48. The van der Waals surface area contributed by atoms with Crippen molar-refractivity contribution in [3.05, 3.63) is 126 Å². The van der Waals surface area contributed by atoms with E-state index in [2.05, 4.69) is 16.4 Å². The Labute approximate surface area is 325 Å². The fourth-order valence-corrected chi connectivity index (χ4v) is 7.22. The molecule has 4 aromatic heterocycles. The molecule has 1 N–H and O–H groups in total. The van der Waals surface area contributed by atoms with Gasteiger partial charge >= 0.3 is 6.01 Å². The number of fused-ring (bicyclic) bond motifs is 2. The van der Waals surface area contributed by atoms with Crippen LogP contribution in [0.4, 0.5) is 39.6 Å². The Balaban J connectivity index is 1.34. The number of anilines is 5. The first-order valence-corrected chi connectivity index (χ1v) is 18.4. The maximum atomic E-state index is 12.4. The number of azo groups is 1. The summed E-state index contributed by atoms with van der Waals surface area (Å²) in [4.78, 5) is 29.0. The second-order valence-corrected chi connectivity index (χ2v) is 14.8. The van der Waals surface area contributed by atoms with Crippen LogP contribution in [0.2, 0.25) is 0 Å². The van der Waals surface area contributed by atoms with Crippen molar-refractivity contribution in [1.29, 1.82) is 5.26 Å². The molecule has 276 valence electrons. The maximum Gasteiger partial charge on any atom is 0.325 e. The summed E-state index contributed by atoms with van der Waals surface area (Å²) in [7, 11) is 1.59. The summed E-state index contributed by atoms with van der Waals surface area (Å²) in [5.74, 6) is 1.51. The zero-order chi connectivity index (χ0) is 39.0. The number of methoxy groups -OCH3 is 1. The third-order valence-electron chi connectivity index (χ3n) is 8.93. The molecule has 0 aliphatic heterocycles. The Morgan fingerprint density at radius 2 is 1.66 bits per heavy atom. The number of hydrogen-bond acceptors (Lipinski definition) is 13. The molecule has 0 bridgehead atoms. The predicted molar refractivity (Wildman–Crippen MR) is 217 cm³/mol. The molecule has 0 radical (unpaired) electrons. The van der Waals surface area contributed by atoms with Gasteiger partial charge in [0.25, 0.3) is 0 Å². The fraction of sp³-hybridized carbons (Fsp3) is 0.143. The molecular weight excluding hydrogens is 725 g/mol. The van der Waals surface area contributed by atoms with Crippen molar-refractivity contribution in [2.45, 2.75) is 33.1 Å². The number of hydrogen-bond donors (Lipinski definition) is 1. The van der Waals surface area contributed by atoms with Gasteiger partial charge in [0.05, 0.1) is 34.4 Å². The minimum Gasteiger partial charge on any atom is -0.495 e. The number of pyridine rings is 1. The van der Waals surface area contributed by atoms with Crippen molar-refractivity contribution in [3.8, 4) is 17.8 Å². The number of carbonyl (C=O) groups excluding carboxylic acids is 1. The van der Waals surface area contributed by atoms with E-state index in [9.17, 15) is 10.1 Å². The lowest BCUT2D eigenvalue weighted by Crippen LogP contribution is -2.14. The molecule has 56 heavy (non-hydrogen) atoms. The summed E-state index contributed by atoms with van der Waals surface area (Å²) in [6.45, 7) is 7.79. The molecule has 0 fully saturated rings. The standard InChI is InChI=1S/C42H34N10O3S/c1-25-22-35(51(31-18-10-6-14-26(31)24-53)41-46-30-17-9-13-21-34(30)56-41)47-38(44-28-15-7-11-19-32(28)54-5)36(25)48-49-39-27(23-43)37(42(2,3)4)50-52(39)40-45-29-16-8-12-20-33(29)55-40/h6-22,24H,1-5H3,(H,44,47)/b49-48+. The van der Waals surface area contributed by atoms with Crippen molar-refractivity contribution in [2.75, 3.05) is 17.3 Å². The number of para-hydroxylation sites is 6. The van der Waals surface area contributed by atoms with Crippen molar-refractivity contribution >= 4 is 78.6 Å². The zero-order valence-electron chi connectivity index (χ0n) is 31.1. The zero-order valence-corrected chi connectivity index (χ0v) is 31.9. The highest BCUT2D eigenvalue weighted by molar-refractivity contribution is 7.22. The Hall–Kier alpha value is -7.24. The molecule has 14 heteroatoms. The molecule has 8 rings (SSSR count). The summed E-state index contributed by atoms with van der Waals surface area (Å²) in [5.41, 5.74) is 4.95. The molecule has 0 saturated heterocycles. The highest BCUT2D eigenvalue weighted by atomic mass is 32.1. The molecule has 0 saturated carbocycles. The molecular formula is C42H34N10O3S. The minimum absolute atomic E-state index is 0.144. The van der Waals surface area contributed by atoms with Crippen LogP contribution in [0, 0.1) is 18.3 Å². The van der Waals surface area contributed by atoms with E-state index in [0.717, 1.165) is 16.5 Å². The van der Waals surface area contributed by atoms with Crippen molar-refractivity contribution in [1.82, 2.24) is 24.7 Å². The van der Waals surface area contributed by atoms with Crippen molar-refractivity contribution in [2.24, 2.45) is 10.2 Å². The van der Waals surface area contributed by atoms with E-state index < -0.39 is 5.41 Å². The number of ether oxygens (including phenoxy) is 1. The van der Waals surface area contributed by atoms with Crippen LogP contribution in [-0.2, 0) is 5.41 Å². The number of thiazole rings is 1. The molecule has 0 amide bonds. The van der Waals surface area contributed by atoms with Crippen LogP contribution < -0.4 is 15.0 Å². The molecule has 0 atom stereocenters. The maximum absolute atomic E-state index is 12.4. The Morgan fingerprint density at radius 1 is 0.929 bits per heavy atom. The van der Waals surface area contributed by atoms with Crippen molar-refractivity contribution < 1.29 is 13.9 Å². The number of oxazole rings is 1. The van der Waals surface area contributed by atoms with E-state index >= 15 is 0 Å². The third-order valence-corrected chi connectivity index (χ3v) is 9.95. The number of aromatic nitrogens is 5. The van der Waals surface area contributed by atoms with Gasteiger partial charge in [0.1, 0.15) is 34.4 Å². The highest BCUT2D eigenvalue weighted by Crippen LogP contribution is 2.44. The first kappa shape index (κ1) is 35.8. The van der Waals surface area contributed by atoms with Crippen molar-refractivity contribution in [3.63, 3.8) is 0 Å². The first-order chi connectivity index (χ1) is 27.2. The molecule has 4 heterocycles. The van der Waals surface area contributed by atoms with Gasteiger partial charge in [-0.05, 0) is 67.1 Å². The number of aldehydes is 1. The van der Waals surface area contributed by atoms with E-state index in [4.69, 9.17) is 34.4 Å². The van der Waals surface area contributed by atoms with Crippen LogP contribution in [0.15, 0.2) is 118 Å². The van der Waals surface area contributed by atoms with Gasteiger partial charge in [-0.1, -0.05) is 80.6 Å². The van der Waals surface area contributed by atoms with Gasteiger partial charge in [0, 0.05) is 11.0 Å². The Kier molecular flexibility index (Phi) is 9.29. The Bertz CT molecular complexity index is 2780. The van der Waals surface area contributed by atoms with E-state index in [0.29, 0.717) is 67.5 Å². The molecule has 0 unspecified atom stereocenters. The lowest BCUT2D eigenvalue weighted by molar-refractivity contribution is 0.112. The second kappa shape index (κ2) is 14.5. The number of benzene rings is 4. The van der Waals surface area contributed by atoms with Gasteiger partial charge < -0.3 is 14.5 Å². The van der Waals surface area contributed by atoms with E-state index in [1.165, 1.54) is 16.0 Å². The first-order valence-electron chi connectivity index (χ1n) is 17.6. The number of carbonyl (C=O) groups is 1. The normalized spacial score (nSPS) is 11.6. The van der Waals surface area contributed by atoms with Gasteiger partial charge in [-0.25, -0.2) is 9.97 Å². The lowest BCUT2D eigenvalue weighted by atomic mass is 9.90. The molecule has 0 spiro atoms. The van der Waals surface area contributed by atoms with Crippen LogP contribution in [0.1, 0.15) is 48.0 Å². The van der Waals surface area contributed by atoms with Crippen LogP contribution in [0.5, 0.6) is 5.75 Å². The van der Waals surface area contributed by atoms with Gasteiger partial charge in [0.2, 0.25) is 5.82 Å². The SMILES string of the molecule is COc1ccccc1Nc1nc(N(c2nc3ccccc3s2)c2ccccc2C=O)cc(C)c1/N=N/c1c(C#N)c(C(C)(C)C)nn1-c1nc2ccccc2o1. The second-order valence-electron chi connectivity index (χ2n) is 13.8. The van der Waals surface area contributed by atoms with Gasteiger partial charge in [-0.15, -0.1) is 10.2 Å². The van der Waals surface area contributed by atoms with Crippen LogP contribution in [-0.4, -0.2) is 38.1 Å². The van der Waals surface area contributed by atoms with E-state index in [1.54, 1.807) is 13.2 Å². The Morgan fingerprint density at radius 3 is 2.41 bits per heavy atom. The topological polar surface area (TPSA) is 160 Å². The largest absolute Gasteiger partial charge is 0.495 e. The average Bonchev–Trinajstić information content (AvgIpc) is 3.93. The highest BCUT2D eigenvalue weighted by Gasteiger charge is 2.30. The molecule has 13 nitrogen and oxygen atoms in total. The quantitative estimate of drug-likeness (QED) is 0.105. The summed E-state index contributed by atoms with van der Waals surface area (Å²) < 4.78 is 14.2.